The third-order valence-electron chi connectivity index (χ3n) is 2.37. The largest absolute Gasteiger partial charge is 0.382 e. The lowest BCUT2D eigenvalue weighted by Gasteiger charge is -2.06. The summed E-state index contributed by atoms with van der Waals surface area (Å²) in [6, 6.07) is 1.95. The average molecular weight is 241 g/mol. The number of nitrogens with one attached hydrogen (secondary N) is 1. The first-order valence-electron chi connectivity index (χ1n) is 6.18. The molecule has 0 amide bonds. The molecular weight excluding hydrogens is 218 g/mol. The van der Waals surface area contributed by atoms with Crippen LogP contribution in [-0.4, -0.2) is 49.8 Å². The fraction of sp³-hybridized carbons (Fsp3) is 0.750. The van der Waals surface area contributed by atoms with Crippen molar-refractivity contribution >= 4 is 0 Å². The Kier molecular flexibility index (Phi) is 8.54. The summed E-state index contributed by atoms with van der Waals surface area (Å²) in [5.41, 5.74) is 0. The molecule has 98 valence electrons. The highest BCUT2D eigenvalue weighted by molar-refractivity contribution is 4.77. The molecule has 0 bridgehead atoms. The molecule has 0 radical (unpaired) electrons. The lowest BCUT2D eigenvalue weighted by molar-refractivity contribution is 0.0695. The predicted molar refractivity (Wildman–Crippen MR) is 67.0 cm³/mol. The molecule has 0 spiro atoms. The molecule has 0 aliphatic rings. The van der Waals surface area contributed by atoms with E-state index in [1.165, 1.54) is 0 Å². The zero-order valence-corrected chi connectivity index (χ0v) is 10.6. The second-order valence-corrected chi connectivity index (χ2v) is 3.83. The Morgan fingerprint density at radius 1 is 1.18 bits per heavy atom. The van der Waals surface area contributed by atoms with Crippen LogP contribution in [0.3, 0.4) is 0 Å². The first-order chi connectivity index (χ1) is 8.43. The Balaban J connectivity index is 1.76. The van der Waals surface area contributed by atoms with Gasteiger partial charge in [0.2, 0.25) is 0 Å². The van der Waals surface area contributed by atoms with Gasteiger partial charge in [0.25, 0.3) is 0 Å². The maximum absolute atomic E-state index is 5.36. The number of methoxy groups -OCH3 is 1. The molecule has 1 aromatic rings. The predicted octanol–water partition coefficient (Wildman–Crippen LogP) is 0.916. The van der Waals surface area contributed by atoms with E-state index in [0.29, 0.717) is 13.2 Å². The van der Waals surface area contributed by atoms with Gasteiger partial charge in [0, 0.05) is 32.7 Å². The maximum atomic E-state index is 5.36. The summed E-state index contributed by atoms with van der Waals surface area (Å²) < 4.78 is 12.2. The van der Waals surface area contributed by atoms with E-state index in [2.05, 4.69) is 10.4 Å². The van der Waals surface area contributed by atoms with Crippen LogP contribution in [0.2, 0.25) is 0 Å². The van der Waals surface area contributed by atoms with Gasteiger partial charge in [-0.2, -0.15) is 5.10 Å². The van der Waals surface area contributed by atoms with Crippen LogP contribution in [0.4, 0.5) is 0 Å². The van der Waals surface area contributed by atoms with E-state index in [9.17, 15) is 0 Å². The second-order valence-electron chi connectivity index (χ2n) is 3.83. The highest BCUT2D eigenvalue weighted by atomic mass is 16.5. The molecule has 0 saturated heterocycles. The summed E-state index contributed by atoms with van der Waals surface area (Å²) in [7, 11) is 1.69. The summed E-state index contributed by atoms with van der Waals surface area (Å²) in [5, 5.41) is 7.54. The number of aryl methyl sites for hydroxylation is 1. The van der Waals surface area contributed by atoms with Gasteiger partial charge in [0.05, 0.1) is 13.2 Å². The summed E-state index contributed by atoms with van der Waals surface area (Å²) >= 11 is 0. The van der Waals surface area contributed by atoms with Gasteiger partial charge in [-0.3, -0.25) is 4.68 Å². The molecule has 0 unspecified atom stereocenters. The minimum atomic E-state index is 0.678. The molecule has 17 heavy (non-hydrogen) atoms. The van der Waals surface area contributed by atoms with E-state index in [4.69, 9.17) is 9.47 Å². The quantitative estimate of drug-likeness (QED) is 0.585. The van der Waals surface area contributed by atoms with Crippen LogP contribution in [0, 0.1) is 0 Å². The van der Waals surface area contributed by atoms with Crippen LogP contribution in [-0.2, 0) is 16.0 Å². The summed E-state index contributed by atoms with van der Waals surface area (Å²) in [5.74, 6) is 0. The molecule has 1 N–H and O–H groups in total. The molecule has 1 rings (SSSR count). The van der Waals surface area contributed by atoms with Crippen molar-refractivity contribution in [2.75, 3.05) is 40.0 Å². The Bertz CT molecular complexity index is 252. The topological polar surface area (TPSA) is 48.3 Å². The first-order valence-corrected chi connectivity index (χ1v) is 6.18. The molecule has 0 aliphatic heterocycles. The van der Waals surface area contributed by atoms with Crippen LogP contribution in [0.15, 0.2) is 18.5 Å². The normalized spacial score (nSPS) is 10.9. The summed E-state index contributed by atoms with van der Waals surface area (Å²) in [6.07, 6.45) is 5.95. The lowest BCUT2D eigenvalue weighted by Crippen LogP contribution is -2.19. The van der Waals surface area contributed by atoms with E-state index in [0.717, 1.165) is 39.1 Å². The van der Waals surface area contributed by atoms with Gasteiger partial charge >= 0.3 is 0 Å². The zero-order valence-electron chi connectivity index (χ0n) is 10.6. The second kappa shape index (κ2) is 10.3. The van der Waals surface area contributed by atoms with E-state index in [1.54, 1.807) is 7.11 Å². The highest BCUT2D eigenvalue weighted by Gasteiger charge is 1.92. The first kappa shape index (κ1) is 14.2. The number of rotatable bonds is 11. The minimum Gasteiger partial charge on any atom is -0.382 e. The molecule has 5 heteroatoms. The van der Waals surface area contributed by atoms with Crippen molar-refractivity contribution in [2.24, 2.45) is 0 Å². The SMILES string of the molecule is COCCOCCCNCCCn1cccn1. The van der Waals surface area contributed by atoms with Crippen molar-refractivity contribution in [3.63, 3.8) is 0 Å². The molecular formula is C12H23N3O2. The van der Waals surface area contributed by atoms with Crippen LogP contribution in [0.1, 0.15) is 12.8 Å². The number of hydrogen-bond donors (Lipinski definition) is 1. The maximum Gasteiger partial charge on any atom is 0.0700 e. The standard InChI is InChI=1S/C12H23N3O2/c1-16-11-12-17-10-4-6-13-5-2-8-15-9-3-7-14-15/h3,7,9,13H,2,4-6,8,10-12H2,1H3. The van der Waals surface area contributed by atoms with Gasteiger partial charge in [-0.15, -0.1) is 0 Å². The van der Waals surface area contributed by atoms with Gasteiger partial charge in [-0.25, -0.2) is 0 Å². The van der Waals surface area contributed by atoms with Crippen LogP contribution in [0.5, 0.6) is 0 Å². The van der Waals surface area contributed by atoms with Crippen molar-refractivity contribution in [1.29, 1.82) is 0 Å². The van der Waals surface area contributed by atoms with Crippen LogP contribution >= 0.6 is 0 Å². The third-order valence-corrected chi connectivity index (χ3v) is 2.37. The number of aromatic nitrogens is 2. The van der Waals surface area contributed by atoms with Gasteiger partial charge in [-0.05, 0) is 32.0 Å². The average Bonchev–Trinajstić information content (AvgIpc) is 2.85. The van der Waals surface area contributed by atoms with Crippen molar-refractivity contribution in [1.82, 2.24) is 15.1 Å². The Hall–Kier alpha value is -0.910. The van der Waals surface area contributed by atoms with Gasteiger partial charge in [-0.1, -0.05) is 0 Å². The molecule has 0 atom stereocenters. The molecule has 0 saturated carbocycles. The van der Waals surface area contributed by atoms with Crippen LogP contribution in [0.25, 0.3) is 0 Å². The Morgan fingerprint density at radius 2 is 2.06 bits per heavy atom. The molecule has 0 aromatic carbocycles. The van der Waals surface area contributed by atoms with Crippen molar-refractivity contribution in [3.05, 3.63) is 18.5 Å². The fourth-order valence-corrected chi connectivity index (χ4v) is 1.47. The molecule has 0 aliphatic carbocycles. The Labute approximate surface area is 103 Å². The van der Waals surface area contributed by atoms with Gasteiger partial charge in [0.15, 0.2) is 0 Å². The number of nitrogens with zero attached hydrogens (tertiary/aromatic N) is 2. The van der Waals surface area contributed by atoms with Gasteiger partial charge in [0.1, 0.15) is 0 Å². The zero-order chi connectivity index (χ0) is 12.2. The highest BCUT2D eigenvalue weighted by Crippen LogP contribution is 1.88. The van der Waals surface area contributed by atoms with E-state index >= 15 is 0 Å². The summed E-state index contributed by atoms with van der Waals surface area (Å²) in [4.78, 5) is 0. The van der Waals surface area contributed by atoms with E-state index in [-0.39, 0.29) is 0 Å². The molecule has 1 heterocycles. The molecule has 0 fully saturated rings. The van der Waals surface area contributed by atoms with Gasteiger partial charge < -0.3 is 14.8 Å². The van der Waals surface area contributed by atoms with E-state index < -0.39 is 0 Å². The van der Waals surface area contributed by atoms with E-state index in [1.807, 2.05) is 23.1 Å². The van der Waals surface area contributed by atoms with Crippen molar-refractivity contribution in [3.8, 4) is 0 Å². The van der Waals surface area contributed by atoms with Crippen LogP contribution < -0.4 is 5.32 Å². The van der Waals surface area contributed by atoms with Crippen molar-refractivity contribution < 1.29 is 9.47 Å². The lowest BCUT2D eigenvalue weighted by atomic mass is 10.4. The number of hydrogen-bond acceptors (Lipinski definition) is 4. The molecule has 5 nitrogen and oxygen atoms in total. The third kappa shape index (κ3) is 7.90. The fourth-order valence-electron chi connectivity index (χ4n) is 1.47. The minimum absolute atomic E-state index is 0.678. The smallest absolute Gasteiger partial charge is 0.0700 e. The van der Waals surface area contributed by atoms with Crippen molar-refractivity contribution in [2.45, 2.75) is 19.4 Å². The Morgan fingerprint density at radius 3 is 2.82 bits per heavy atom. The number of ether oxygens (including phenoxy) is 2. The summed E-state index contributed by atoms with van der Waals surface area (Å²) in [6.45, 7) is 5.18. The molecule has 1 aromatic heterocycles. The monoisotopic (exact) mass is 241 g/mol.